The molecule has 0 fully saturated rings. The number of ether oxygens (including phenoxy) is 1. The Morgan fingerprint density at radius 3 is 2.67 bits per heavy atom. The molecule has 1 aromatic heterocycles. The minimum atomic E-state index is -0.594. The highest BCUT2D eigenvalue weighted by Crippen LogP contribution is 2.21. The van der Waals surface area contributed by atoms with Gasteiger partial charge in [0.2, 0.25) is 0 Å². The molecule has 0 saturated heterocycles. The molecule has 0 aliphatic carbocycles. The van der Waals surface area contributed by atoms with E-state index in [4.69, 9.17) is 4.74 Å². The smallest absolute Gasteiger partial charge is 0.119 e. The monoisotopic (exact) mass is 282 g/mol. The van der Waals surface area contributed by atoms with Gasteiger partial charge in [-0.2, -0.15) is 5.10 Å². The number of fused-ring (bicyclic) bond motifs is 1. The summed E-state index contributed by atoms with van der Waals surface area (Å²) >= 11 is 0. The van der Waals surface area contributed by atoms with Gasteiger partial charge in [0.05, 0.1) is 31.0 Å². The lowest BCUT2D eigenvalue weighted by atomic mass is 10.1. The van der Waals surface area contributed by atoms with Crippen molar-refractivity contribution in [1.82, 2.24) is 9.78 Å². The predicted molar refractivity (Wildman–Crippen MR) is 82.3 cm³/mol. The summed E-state index contributed by atoms with van der Waals surface area (Å²) in [5, 5.41) is 15.8. The number of hydrogen-bond acceptors (Lipinski definition) is 3. The van der Waals surface area contributed by atoms with Crippen molar-refractivity contribution in [3.63, 3.8) is 0 Å². The van der Waals surface area contributed by atoms with E-state index < -0.39 is 6.10 Å². The van der Waals surface area contributed by atoms with E-state index in [0.29, 0.717) is 13.2 Å². The molecule has 1 heterocycles. The second kappa shape index (κ2) is 5.97. The van der Waals surface area contributed by atoms with Crippen molar-refractivity contribution in [2.45, 2.75) is 19.6 Å². The van der Waals surface area contributed by atoms with Gasteiger partial charge in [-0.1, -0.05) is 30.3 Å². The van der Waals surface area contributed by atoms with Gasteiger partial charge in [0.1, 0.15) is 5.75 Å². The van der Waals surface area contributed by atoms with Gasteiger partial charge in [-0.3, -0.25) is 4.68 Å². The summed E-state index contributed by atoms with van der Waals surface area (Å²) in [6.07, 6.45) is 1.23. The van der Waals surface area contributed by atoms with E-state index in [1.54, 1.807) is 0 Å². The molecule has 1 atom stereocenters. The molecule has 0 radical (unpaired) electrons. The molecule has 3 rings (SSSR count). The third-order valence-electron chi connectivity index (χ3n) is 3.47. The zero-order valence-corrected chi connectivity index (χ0v) is 11.9. The maximum atomic E-state index is 10.4. The summed E-state index contributed by atoms with van der Waals surface area (Å²) in [6, 6.07) is 15.5. The normalized spacial score (nSPS) is 12.5. The first-order valence-corrected chi connectivity index (χ1v) is 7.09. The molecule has 0 amide bonds. The minimum Gasteiger partial charge on any atom is -0.494 e. The average Bonchev–Trinajstić information content (AvgIpc) is 2.92. The van der Waals surface area contributed by atoms with E-state index >= 15 is 0 Å². The van der Waals surface area contributed by atoms with Crippen molar-refractivity contribution in [3.05, 3.63) is 60.3 Å². The Kier molecular flexibility index (Phi) is 3.88. The average molecular weight is 282 g/mol. The van der Waals surface area contributed by atoms with Gasteiger partial charge < -0.3 is 9.84 Å². The van der Waals surface area contributed by atoms with Crippen LogP contribution in [0.2, 0.25) is 0 Å². The van der Waals surface area contributed by atoms with Crippen LogP contribution in [0.3, 0.4) is 0 Å². The van der Waals surface area contributed by atoms with Crippen LogP contribution in [0.15, 0.2) is 54.7 Å². The van der Waals surface area contributed by atoms with E-state index in [-0.39, 0.29) is 0 Å². The van der Waals surface area contributed by atoms with E-state index in [2.05, 4.69) is 5.10 Å². The van der Waals surface area contributed by atoms with Crippen molar-refractivity contribution in [2.75, 3.05) is 6.61 Å². The van der Waals surface area contributed by atoms with Crippen LogP contribution in [0.5, 0.6) is 5.75 Å². The maximum Gasteiger partial charge on any atom is 0.119 e. The fourth-order valence-corrected chi connectivity index (χ4v) is 2.39. The second-order valence-corrected chi connectivity index (χ2v) is 4.90. The van der Waals surface area contributed by atoms with Crippen molar-refractivity contribution in [2.24, 2.45) is 0 Å². The highest BCUT2D eigenvalue weighted by molar-refractivity contribution is 5.78. The zero-order chi connectivity index (χ0) is 14.7. The fourth-order valence-electron chi connectivity index (χ4n) is 2.39. The van der Waals surface area contributed by atoms with Crippen LogP contribution < -0.4 is 4.74 Å². The highest BCUT2D eigenvalue weighted by Gasteiger charge is 2.11. The van der Waals surface area contributed by atoms with Crippen LogP contribution in [-0.4, -0.2) is 21.5 Å². The largest absolute Gasteiger partial charge is 0.494 e. The van der Waals surface area contributed by atoms with Crippen LogP contribution in [0.1, 0.15) is 18.6 Å². The lowest BCUT2D eigenvalue weighted by molar-refractivity contribution is 0.153. The fraction of sp³-hybridized carbons (Fsp3) is 0.235. The molecule has 0 bridgehead atoms. The summed E-state index contributed by atoms with van der Waals surface area (Å²) in [5.41, 5.74) is 1.89. The third kappa shape index (κ3) is 2.90. The number of rotatable bonds is 5. The first kappa shape index (κ1) is 13.6. The molecule has 4 nitrogen and oxygen atoms in total. The van der Waals surface area contributed by atoms with Gasteiger partial charge in [-0.25, -0.2) is 0 Å². The van der Waals surface area contributed by atoms with Crippen molar-refractivity contribution < 1.29 is 9.84 Å². The molecular formula is C17H18N2O2. The van der Waals surface area contributed by atoms with Crippen LogP contribution >= 0.6 is 0 Å². The summed E-state index contributed by atoms with van der Waals surface area (Å²) < 4.78 is 7.23. The number of aromatic nitrogens is 2. The van der Waals surface area contributed by atoms with Gasteiger partial charge in [0.25, 0.3) is 0 Å². The maximum absolute atomic E-state index is 10.4. The first-order valence-electron chi connectivity index (χ1n) is 7.09. The molecule has 3 aromatic rings. The van der Waals surface area contributed by atoms with Gasteiger partial charge in [-0.15, -0.1) is 0 Å². The molecule has 4 heteroatoms. The molecule has 0 aliphatic heterocycles. The molecule has 1 unspecified atom stereocenters. The summed E-state index contributed by atoms with van der Waals surface area (Å²) in [4.78, 5) is 0. The number of benzene rings is 2. The van der Waals surface area contributed by atoms with E-state index in [9.17, 15) is 5.11 Å². The molecule has 1 N–H and O–H groups in total. The molecule has 108 valence electrons. The summed E-state index contributed by atoms with van der Waals surface area (Å²) in [5.74, 6) is 0.818. The minimum absolute atomic E-state index is 0.432. The molecule has 21 heavy (non-hydrogen) atoms. The summed E-state index contributed by atoms with van der Waals surface area (Å²) in [6.45, 7) is 3.02. The number of aliphatic hydroxyl groups is 1. The van der Waals surface area contributed by atoms with Crippen LogP contribution in [0.4, 0.5) is 0 Å². The standard InChI is InChI=1S/C17H18N2O2/c1-2-21-15-9-7-13(8-10-15)17(20)12-19-16-6-4-3-5-14(16)11-18-19/h3-11,17,20H,2,12H2,1H3. The third-order valence-corrected chi connectivity index (χ3v) is 3.47. The van der Waals surface area contributed by atoms with E-state index in [1.165, 1.54) is 0 Å². The number of hydrogen-bond donors (Lipinski definition) is 1. The molecule has 0 aliphatic rings. The van der Waals surface area contributed by atoms with Crippen molar-refractivity contribution in [3.8, 4) is 5.75 Å². The SMILES string of the molecule is CCOc1ccc(C(O)Cn2ncc3ccccc32)cc1. The Bertz CT molecular complexity index is 719. The van der Waals surface area contributed by atoms with Gasteiger partial charge in [0, 0.05) is 5.39 Å². The second-order valence-electron chi connectivity index (χ2n) is 4.90. The lowest BCUT2D eigenvalue weighted by Crippen LogP contribution is -2.09. The zero-order valence-electron chi connectivity index (χ0n) is 11.9. The van der Waals surface area contributed by atoms with Gasteiger partial charge in [-0.05, 0) is 30.7 Å². The first-order chi connectivity index (χ1) is 10.3. The quantitative estimate of drug-likeness (QED) is 0.782. The Morgan fingerprint density at radius 2 is 1.90 bits per heavy atom. The highest BCUT2D eigenvalue weighted by atomic mass is 16.5. The topological polar surface area (TPSA) is 47.3 Å². The Balaban J connectivity index is 1.77. The predicted octanol–water partition coefficient (Wildman–Crippen LogP) is 3.17. The van der Waals surface area contributed by atoms with E-state index in [1.807, 2.05) is 66.3 Å². The molecular weight excluding hydrogens is 264 g/mol. The number of nitrogens with zero attached hydrogens (tertiary/aromatic N) is 2. The lowest BCUT2D eigenvalue weighted by Gasteiger charge is -2.13. The number of para-hydroxylation sites is 1. The van der Waals surface area contributed by atoms with Gasteiger partial charge >= 0.3 is 0 Å². The Labute approximate surface area is 123 Å². The molecule has 0 saturated carbocycles. The summed E-state index contributed by atoms with van der Waals surface area (Å²) in [7, 11) is 0. The number of aliphatic hydroxyl groups excluding tert-OH is 1. The van der Waals surface area contributed by atoms with Crippen LogP contribution in [0, 0.1) is 0 Å². The van der Waals surface area contributed by atoms with Crippen molar-refractivity contribution in [1.29, 1.82) is 0 Å². The van der Waals surface area contributed by atoms with Crippen molar-refractivity contribution >= 4 is 10.9 Å². The van der Waals surface area contributed by atoms with Gasteiger partial charge in [0.15, 0.2) is 0 Å². The van der Waals surface area contributed by atoms with Crippen LogP contribution in [-0.2, 0) is 6.54 Å². The van der Waals surface area contributed by atoms with Crippen LogP contribution in [0.25, 0.3) is 10.9 Å². The molecule has 0 spiro atoms. The van der Waals surface area contributed by atoms with E-state index in [0.717, 1.165) is 22.2 Å². The molecule has 2 aromatic carbocycles. The Morgan fingerprint density at radius 1 is 1.14 bits per heavy atom. The Hall–Kier alpha value is -2.33.